The standard InChI is InChI=1S/C19H34N2O7/c1-9-25-13-11-12-20(16(23)27-18(3,4)5)21(14(13)15(22)26-10-2)17(24)28-19(6,7)8/h13-14H,9-12H2,1-8H3. The fraction of sp³-hybridized carbons (Fsp3) is 0.842. The number of nitrogens with zero attached hydrogens (tertiary/aromatic N) is 2. The Balaban J connectivity index is 3.32. The number of amides is 2. The normalized spacial score (nSPS) is 20.6. The third-order valence-electron chi connectivity index (χ3n) is 3.59. The average molecular weight is 402 g/mol. The number of hydrogen-bond donors (Lipinski definition) is 0. The summed E-state index contributed by atoms with van der Waals surface area (Å²) in [6.45, 7) is 14.3. The predicted molar refractivity (Wildman–Crippen MR) is 101 cm³/mol. The van der Waals surface area contributed by atoms with Crippen molar-refractivity contribution in [1.82, 2.24) is 10.0 Å². The Morgan fingerprint density at radius 2 is 1.43 bits per heavy atom. The summed E-state index contributed by atoms with van der Waals surface area (Å²) in [5.41, 5.74) is -1.60. The maximum absolute atomic E-state index is 13.0. The Labute approximate surface area is 167 Å². The van der Waals surface area contributed by atoms with E-state index in [1.54, 1.807) is 55.4 Å². The molecule has 1 aliphatic rings. The number of carbonyl (C=O) groups is 3. The van der Waals surface area contributed by atoms with Gasteiger partial charge in [-0.25, -0.2) is 19.4 Å². The molecule has 9 heteroatoms. The summed E-state index contributed by atoms with van der Waals surface area (Å²) in [4.78, 5) is 38.4. The average Bonchev–Trinajstić information content (AvgIpc) is 2.51. The highest BCUT2D eigenvalue weighted by Crippen LogP contribution is 2.27. The minimum atomic E-state index is -1.16. The van der Waals surface area contributed by atoms with Crippen LogP contribution in [0.3, 0.4) is 0 Å². The predicted octanol–water partition coefficient (Wildman–Crippen LogP) is 3.12. The molecule has 0 aliphatic carbocycles. The van der Waals surface area contributed by atoms with Crippen molar-refractivity contribution >= 4 is 18.2 Å². The van der Waals surface area contributed by atoms with E-state index in [2.05, 4.69) is 0 Å². The number of esters is 1. The molecular weight excluding hydrogens is 368 g/mol. The lowest BCUT2D eigenvalue weighted by Crippen LogP contribution is -2.66. The van der Waals surface area contributed by atoms with Crippen molar-refractivity contribution in [3.63, 3.8) is 0 Å². The van der Waals surface area contributed by atoms with Crippen molar-refractivity contribution in [3.05, 3.63) is 0 Å². The van der Waals surface area contributed by atoms with Gasteiger partial charge in [-0.15, -0.1) is 0 Å². The number of hydrogen-bond acceptors (Lipinski definition) is 7. The minimum Gasteiger partial charge on any atom is -0.464 e. The van der Waals surface area contributed by atoms with Crippen molar-refractivity contribution in [2.75, 3.05) is 19.8 Å². The monoisotopic (exact) mass is 402 g/mol. The second-order valence-corrected chi connectivity index (χ2v) is 8.41. The van der Waals surface area contributed by atoms with E-state index in [1.807, 2.05) is 0 Å². The van der Waals surface area contributed by atoms with Gasteiger partial charge in [0.05, 0.1) is 12.7 Å². The van der Waals surface area contributed by atoms with Crippen LogP contribution in [0.5, 0.6) is 0 Å². The van der Waals surface area contributed by atoms with Crippen molar-refractivity contribution in [3.8, 4) is 0 Å². The maximum Gasteiger partial charge on any atom is 0.430 e. The molecule has 1 rings (SSSR count). The lowest BCUT2D eigenvalue weighted by Gasteiger charge is -2.45. The van der Waals surface area contributed by atoms with E-state index in [1.165, 1.54) is 0 Å². The van der Waals surface area contributed by atoms with Crippen LogP contribution in [0, 0.1) is 0 Å². The van der Waals surface area contributed by atoms with E-state index in [4.69, 9.17) is 18.9 Å². The first kappa shape index (κ1) is 24.0. The zero-order valence-electron chi connectivity index (χ0n) is 18.2. The number of carbonyl (C=O) groups excluding carboxylic acids is 3. The molecule has 0 radical (unpaired) electrons. The Kier molecular flexibility index (Phi) is 8.10. The van der Waals surface area contributed by atoms with Crippen molar-refractivity contribution in [2.24, 2.45) is 0 Å². The van der Waals surface area contributed by atoms with Crippen molar-refractivity contribution in [2.45, 2.75) is 85.2 Å². The SMILES string of the molecule is CCOC(=O)C1C(OCC)CCN(C(=O)OC(C)(C)C)N1C(=O)OC(C)(C)C. The molecule has 1 heterocycles. The molecule has 9 nitrogen and oxygen atoms in total. The van der Waals surface area contributed by atoms with Gasteiger partial charge < -0.3 is 18.9 Å². The Bertz CT molecular complexity index is 566. The summed E-state index contributed by atoms with van der Waals surface area (Å²) in [6.07, 6.45) is -1.88. The molecule has 2 amide bonds. The fourth-order valence-corrected chi connectivity index (χ4v) is 2.71. The molecule has 2 atom stereocenters. The molecule has 0 saturated carbocycles. The van der Waals surface area contributed by atoms with Gasteiger partial charge in [0.15, 0.2) is 6.04 Å². The molecule has 1 fully saturated rings. The number of ether oxygens (including phenoxy) is 4. The molecular formula is C19H34N2O7. The van der Waals surface area contributed by atoms with Crippen LogP contribution in [0.15, 0.2) is 0 Å². The topological polar surface area (TPSA) is 94.6 Å². The van der Waals surface area contributed by atoms with Crippen LogP contribution in [-0.2, 0) is 23.7 Å². The van der Waals surface area contributed by atoms with Crippen LogP contribution in [0.2, 0.25) is 0 Å². The van der Waals surface area contributed by atoms with Gasteiger partial charge in [0, 0.05) is 13.2 Å². The van der Waals surface area contributed by atoms with Gasteiger partial charge in [0.25, 0.3) is 0 Å². The molecule has 0 spiro atoms. The summed E-state index contributed by atoms with van der Waals surface area (Å²) in [5.74, 6) is -0.667. The Morgan fingerprint density at radius 1 is 0.893 bits per heavy atom. The van der Waals surface area contributed by atoms with Gasteiger partial charge in [-0.3, -0.25) is 0 Å². The minimum absolute atomic E-state index is 0.128. The van der Waals surface area contributed by atoms with E-state index < -0.39 is 41.5 Å². The van der Waals surface area contributed by atoms with Gasteiger partial charge in [-0.05, 0) is 61.8 Å². The lowest BCUT2D eigenvalue weighted by atomic mass is 10.0. The summed E-state index contributed by atoms with van der Waals surface area (Å²) >= 11 is 0. The van der Waals surface area contributed by atoms with E-state index in [0.29, 0.717) is 13.0 Å². The first-order chi connectivity index (χ1) is 12.8. The van der Waals surface area contributed by atoms with Crippen molar-refractivity contribution in [1.29, 1.82) is 0 Å². The lowest BCUT2D eigenvalue weighted by molar-refractivity contribution is -0.177. The summed E-state index contributed by atoms with van der Waals surface area (Å²) in [7, 11) is 0. The Hall–Kier alpha value is -2.03. The van der Waals surface area contributed by atoms with E-state index in [-0.39, 0.29) is 13.2 Å². The molecule has 0 bridgehead atoms. The number of hydrazine groups is 1. The molecule has 28 heavy (non-hydrogen) atoms. The fourth-order valence-electron chi connectivity index (χ4n) is 2.71. The van der Waals surface area contributed by atoms with Gasteiger partial charge in [-0.1, -0.05) is 0 Å². The molecule has 2 unspecified atom stereocenters. The van der Waals surface area contributed by atoms with Crippen molar-refractivity contribution < 1.29 is 33.3 Å². The zero-order valence-corrected chi connectivity index (χ0v) is 18.2. The van der Waals surface area contributed by atoms with Crippen LogP contribution in [0.25, 0.3) is 0 Å². The van der Waals surface area contributed by atoms with E-state index in [9.17, 15) is 14.4 Å². The molecule has 1 saturated heterocycles. The van der Waals surface area contributed by atoms with Crippen LogP contribution in [0.4, 0.5) is 9.59 Å². The first-order valence-corrected chi connectivity index (χ1v) is 9.61. The van der Waals surface area contributed by atoms with E-state index >= 15 is 0 Å². The highest BCUT2D eigenvalue weighted by molar-refractivity contribution is 5.84. The molecule has 162 valence electrons. The first-order valence-electron chi connectivity index (χ1n) is 9.61. The van der Waals surface area contributed by atoms with Gasteiger partial charge in [0.1, 0.15) is 11.2 Å². The quantitative estimate of drug-likeness (QED) is 0.527. The second kappa shape index (κ2) is 9.45. The van der Waals surface area contributed by atoms with E-state index in [0.717, 1.165) is 10.0 Å². The smallest absolute Gasteiger partial charge is 0.430 e. The van der Waals surface area contributed by atoms with Gasteiger partial charge in [-0.2, -0.15) is 5.01 Å². The molecule has 0 aromatic heterocycles. The Morgan fingerprint density at radius 3 is 1.89 bits per heavy atom. The van der Waals surface area contributed by atoms with Crippen LogP contribution < -0.4 is 0 Å². The number of rotatable bonds is 4. The highest BCUT2D eigenvalue weighted by Gasteiger charge is 2.49. The molecule has 0 N–H and O–H groups in total. The second-order valence-electron chi connectivity index (χ2n) is 8.41. The largest absolute Gasteiger partial charge is 0.464 e. The van der Waals surface area contributed by atoms with Crippen LogP contribution in [0.1, 0.15) is 61.8 Å². The zero-order chi connectivity index (χ0) is 21.7. The summed E-state index contributed by atoms with van der Waals surface area (Å²) in [5, 5.41) is 2.07. The maximum atomic E-state index is 13.0. The molecule has 0 aromatic rings. The summed E-state index contributed by atoms with van der Waals surface area (Å²) in [6, 6.07) is -1.16. The third-order valence-corrected chi connectivity index (χ3v) is 3.59. The van der Waals surface area contributed by atoms with Crippen LogP contribution >= 0.6 is 0 Å². The highest BCUT2D eigenvalue weighted by atomic mass is 16.6. The third kappa shape index (κ3) is 6.85. The summed E-state index contributed by atoms with van der Waals surface area (Å²) < 4.78 is 21.7. The van der Waals surface area contributed by atoms with Gasteiger partial charge in [0.2, 0.25) is 0 Å². The molecule has 0 aromatic carbocycles. The molecule has 1 aliphatic heterocycles. The van der Waals surface area contributed by atoms with Crippen LogP contribution in [-0.4, -0.2) is 71.3 Å². The van der Waals surface area contributed by atoms with Gasteiger partial charge >= 0.3 is 18.2 Å².